The Labute approximate surface area is 205 Å². The van der Waals surface area contributed by atoms with Crippen molar-refractivity contribution in [1.82, 2.24) is 5.32 Å². The van der Waals surface area contributed by atoms with Crippen LogP contribution in [-0.2, 0) is 16.2 Å². The van der Waals surface area contributed by atoms with Gasteiger partial charge in [0.1, 0.15) is 17.9 Å². The second kappa shape index (κ2) is 10.2. The van der Waals surface area contributed by atoms with Crippen LogP contribution in [-0.4, -0.2) is 34.6 Å². The SMILES string of the molecule is CCOc1cc(C=C2C(=O)NC(=S)N(c3ccccc3)C2=O)ccc1OCc1ccc(C(=O)O)o1. The van der Waals surface area contributed by atoms with Crippen molar-refractivity contribution >= 4 is 46.9 Å². The minimum absolute atomic E-state index is 0.00563. The van der Waals surface area contributed by atoms with Crippen LogP contribution in [0.2, 0.25) is 0 Å². The van der Waals surface area contributed by atoms with Gasteiger partial charge in [-0.1, -0.05) is 24.3 Å². The highest BCUT2D eigenvalue weighted by molar-refractivity contribution is 7.80. The number of para-hydroxylation sites is 1. The van der Waals surface area contributed by atoms with Gasteiger partial charge in [0, 0.05) is 0 Å². The number of thiocarbonyl (C=S) groups is 1. The molecule has 4 rings (SSSR count). The van der Waals surface area contributed by atoms with Gasteiger partial charge in [-0.3, -0.25) is 19.8 Å². The predicted molar refractivity (Wildman–Crippen MR) is 130 cm³/mol. The molecule has 1 saturated heterocycles. The van der Waals surface area contributed by atoms with E-state index in [-0.39, 0.29) is 23.1 Å². The number of nitrogens with zero attached hydrogens (tertiary/aromatic N) is 1. The lowest BCUT2D eigenvalue weighted by molar-refractivity contribution is -0.122. The van der Waals surface area contributed by atoms with Crippen molar-refractivity contribution < 1.29 is 33.4 Å². The molecule has 0 unspecified atom stereocenters. The van der Waals surface area contributed by atoms with Crippen LogP contribution in [0, 0.1) is 0 Å². The summed E-state index contributed by atoms with van der Waals surface area (Å²) in [4.78, 5) is 37.9. The summed E-state index contributed by atoms with van der Waals surface area (Å²) >= 11 is 5.21. The minimum Gasteiger partial charge on any atom is -0.490 e. The van der Waals surface area contributed by atoms with Crippen molar-refractivity contribution in [3.8, 4) is 11.5 Å². The van der Waals surface area contributed by atoms with E-state index in [1.165, 1.54) is 23.1 Å². The van der Waals surface area contributed by atoms with Crippen molar-refractivity contribution in [3.63, 3.8) is 0 Å². The van der Waals surface area contributed by atoms with Crippen molar-refractivity contribution in [2.24, 2.45) is 0 Å². The third-order valence-electron chi connectivity index (χ3n) is 4.94. The number of furan rings is 1. The maximum atomic E-state index is 13.1. The van der Waals surface area contributed by atoms with E-state index in [1.54, 1.807) is 49.4 Å². The third-order valence-corrected chi connectivity index (χ3v) is 5.22. The first-order chi connectivity index (χ1) is 16.9. The number of amides is 2. The van der Waals surface area contributed by atoms with E-state index in [4.69, 9.17) is 31.2 Å². The quantitative estimate of drug-likeness (QED) is 0.277. The van der Waals surface area contributed by atoms with Gasteiger partial charge >= 0.3 is 5.97 Å². The molecule has 0 saturated carbocycles. The molecule has 0 aliphatic carbocycles. The summed E-state index contributed by atoms with van der Waals surface area (Å²) in [7, 11) is 0. The molecule has 0 atom stereocenters. The van der Waals surface area contributed by atoms with Crippen LogP contribution in [0.25, 0.3) is 6.08 Å². The second-order valence-corrected chi connectivity index (χ2v) is 7.68. The molecule has 2 heterocycles. The largest absolute Gasteiger partial charge is 0.490 e. The first-order valence-electron chi connectivity index (χ1n) is 10.6. The first kappa shape index (κ1) is 23.7. The number of anilines is 1. The number of hydrogen-bond acceptors (Lipinski definition) is 7. The highest BCUT2D eigenvalue weighted by Crippen LogP contribution is 2.31. The Kier molecular flexibility index (Phi) is 6.93. The molecule has 2 N–H and O–H groups in total. The van der Waals surface area contributed by atoms with Crippen LogP contribution in [0.5, 0.6) is 11.5 Å². The summed E-state index contributed by atoms with van der Waals surface area (Å²) in [6, 6.07) is 16.6. The molecule has 1 aliphatic rings. The molecule has 1 fully saturated rings. The van der Waals surface area contributed by atoms with Crippen LogP contribution in [0.15, 0.2) is 70.7 Å². The Balaban J connectivity index is 1.59. The van der Waals surface area contributed by atoms with Crippen LogP contribution >= 0.6 is 12.2 Å². The Hall–Kier alpha value is -4.44. The zero-order chi connectivity index (χ0) is 24.9. The molecule has 3 aromatic rings. The number of rotatable bonds is 8. The lowest BCUT2D eigenvalue weighted by Crippen LogP contribution is -2.54. The molecular weight excluding hydrogens is 472 g/mol. The van der Waals surface area contributed by atoms with Crippen molar-refractivity contribution in [3.05, 3.63) is 83.3 Å². The molecule has 0 radical (unpaired) electrons. The maximum Gasteiger partial charge on any atom is 0.371 e. The summed E-state index contributed by atoms with van der Waals surface area (Å²) in [6.45, 7) is 2.13. The Morgan fingerprint density at radius 2 is 1.86 bits per heavy atom. The molecule has 0 spiro atoms. The molecule has 0 bridgehead atoms. The molecule has 178 valence electrons. The smallest absolute Gasteiger partial charge is 0.371 e. The van der Waals surface area contributed by atoms with E-state index >= 15 is 0 Å². The number of aromatic carboxylic acids is 1. The summed E-state index contributed by atoms with van der Waals surface area (Å²) < 4.78 is 16.6. The number of carbonyl (C=O) groups excluding carboxylic acids is 2. The molecule has 9 nitrogen and oxygen atoms in total. The summed E-state index contributed by atoms with van der Waals surface area (Å²) in [5.41, 5.74) is 0.984. The second-order valence-electron chi connectivity index (χ2n) is 7.29. The number of carboxylic acids is 1. The lowest BCUT2D eigenvalue weighted by atomic mass is 10.1. The van der Waals surface area contributed by atoms with Crippen LogP contribution < -0.4 is 19.7 Å². The number of hydrogen-bond donors (Lipinski definition) is 2. The molecule has 1 aliphatic heterocycles. The van der Waals surface area contributed by atoms with Crippen LogP contribution in [0.1, 0.15) is 28.8 Å². The number of ether oxygens (including phenoxy) is 2. The van der Waals surface area contributed by atoms with Gasteiger partial charge in [-0.2, -0.15) is 0 Å². The van der Waals surface area contributed by atoms with Crippen molar-refractivity contribution in [2.45, 2.75) is 13.5 Å². The fourth-order valence-electron chi connectivity index (χ4n) is 3.36. The average Bonchev–Trinajstić information content (AvgIpc) is 3.31. The first-order valence-corrected chi connectivity index (χ1v) is 11.0. The van der Waals surface area contributed by atoms with Gasteiger partial charge in [-0.05, 0) is 67.2 Å². The zero-order valence-corrected chi connectivity index (χ0v) is 19.3. The summed E-state index contributed by atoms with van der Waals surface area (Å²) in [5, 5.41) is 11.5. The monoisotopic (exact) mass is 492 g/mol. The van der Waals surface area contributed by atoms with E-state index < -0.39 is 17.8 Å². The third kappa shape index (κ3) is 5.22. The molecular formula is C25H20N2O7S. The Morgan fingerprint density at radius 1 is 1.09 bits per heavy atom. The van der Waals surface area contributed by atoms with E-state index in [2.05, 4.69) is 5.32 Å². The average molecular weight is 493 g/mol. The normalized spacial score (nSPS) is 14.7. The van der Waals surface area contributed by atoms with E-state index in [0.717, 1.165) is 0 Å². The van der Waals surface area contributed by atoms with Crippen LogP contribution in [0.3, 0.4) is 0 Å². The fraction of sp³-hybridized carbons (Fsp3) is 0.120. The number of benzene rings is 2. The number of nitrogens with one attached hydrogen (secondary N) is 1. The van der Waals surface area contributed by atoms with Gasteiger partial charge in [-0.15, -0.1) is 0 Å². The van der Waals surface area contributed by atoms with E-state index in [0.29, 0.717) is 35.1 Å². The van der Waals surface area contributed by atoms with Crippen molar-refractivity contribution in [1.29, 1.82) is 0 Å². The van der Waals surface area contributed by atoms with Crippen molar-refractivity contribution in [2.75, 3.05) is 11.5 Å². The van der Waals surface area contributed by atoms with E-state index in [9.17, 15) is 14.4 Å². The van der Waals surface area contributed by atoms with Gasteiger partial charge in [-0.25, -0.2) is 4.79 Å². The van der Waals surface area contributed by atoms with Crippen LogP contribution in [0.4, 0.5) is 5.69 Å². The number of carboxylic acid groups (broad SMARTS) is 1. The fourth-order valence-corrected chi connectivity index (χ4v) is 3.64. The molecule has 35 heavy (non-hydrogen) atoms. The highest BCUT2D eigenvalue weighted by Gasteiger charge is 2.34. The molecule has 1 aromatic heterocycles. The zero-order valence-electron chi connectivity index (χ0n) is 18.5. The lowest BCUT2D eigenvalue weighted by Gasteiger charge is -2.28. The van der Waals surface area contributed by atoms with E-state index in [1.807, 2.05) is 6.07 Å². The molecule has 2 amide bonds. The van der Waals surface area contributed by atoms with Gasteiger partial charge < -0.3 is 19.0 Å². The van der Waals surface area contributed by atoms with Gasteiger partial charge in [0.2, 0.25) is 5.76 Å². The van der Waals surface area contributed by atoms with Gasteiger partial charge in [0.25, 0.3) is 11.8 Å². The number of carbonyl (C=O) groups is 3. The molecule has 2 aromatic carbocycles. The summed E-state index contributed by atoms with van der Waals surface area (Å²) in [5.74, 6) is -1.41. The Bertz CT molecular complexity index is 1330. The Morgan fingerprint density at radius 3 is 2.54 bits per heavy atom. The standard InChI is InChI=1S/C25H20N2O7S/c1-2-32-21-13-15(8-10-19(21)33-14-17-9-11-20(34-17)24(30)31)12-18-22(28)26-25(35)27(23(18)29)16-6-4-3-5-7-16/h3-13H,2,14H2,1H3,(H,30,31)(H,26,28,35). The predicted octanol–water partition coefficient (Wildman–Crippen LogP) is 3.79. The molecule has 10 heteroatoms. The highest BCUT2D eigenvalue weighted by atomic mass is 32.1. The summed E-state index contributed by atoms with van der Waals surface area (Å²) in [6.07, 6.45) is 1.45. The minimum atomic E-state index is -1.17. The van der Waals surface area contributed by atoms with Gasteiger partial charge in [0.05, 0.1) is 12.3 Å². The maximum absolute atomic E-state index is 13.1. The van der Waals surface area contributed by atoms with Gasteiger partial charge in [0.15, 0.2) is 16.6 Å². The topological polar surface area (TPSA) is 118 Å².